The highest BCUT2D eigenvalue weighted by Gasteiger charge is 2.35. The van der Waals surface area contributed by atoms with E-state index in [1.165, 1.54) is 0 Å². The van der Waals surface area contributed by atoms with Crippen LogP contribution < -0.4 is 5.32 Å². The first-order chi connectivity index (χ1) is 11.0. The molecule has 0 saturated carbocycles. The SMILES string of the molecule is CC(C)NC(=O)OC1CN(C(=O)c2cc(-c3ccco3)[nH]n2)C1. The van der Waals surface area contributed by atoms with Crippen LogP contribution in [0.4, 0.5) is 4.79 Å². The first-order valence-electron chi connectivity index (χ1n) is 7.38. The predicted molar refractivity (Wildman–Crippen MR) is 80.7 cm³/mol. The quantitative estimate of drug-likeness (QED) is 0.892. The van der Waals surface area contributed by atoms with Crippen molar-refractivity contribution in [2.45, 2.75) is 26.0 Å². The largest absolute Gasteiger partial charge is 0.463 e. The van der Waals surface area contributed by atoms with Crippen LogP contribution >= 0.6 is 0 Å². The van der Waals surface area contributed by atoms with Crippen LogP contribution in [0.15, 0.2) is 28.9 Å². The number of ether oxygens (including phenoxy) is 1. The Kier molecular flexibility index (Phi) is 4.05. The maximum Gasteiger partial charge on any atom is 0.407 e. The van der Waals surface area contributed by atoms with E-state index in [2.05, 4.69) is 15.5 Å². The number of hydrogen-bond acceptors (Lipinski definition) is 5. The summed E-state index contributed by atoms with van der Waals surface area (Å²) in [5.41, 5.74) is 0.949. The molecule has 1 fully saturated rings. The summed E-state index contributed by atoms with van der Waals surface area (Å²) < 4.78 is 10.4. The van der Waals surface area contributed by atoms with Gasteiger partial charge in [-0.3, -0.25) is 9.89 Å². The lowest BCUT2D eigenvalue weighted by Crippen LogP contribution is -2.56. The maximum atomic E-state index is 12.3. The summed E-state index contributed by atoms with van der Waals surface area (Å²) in [6.45, 7) is 4.44. The normalized spacial score (nSPS) is 14.7. The number of nitrogens with zero attached hydrogens (tertiary/aromatic N) is 2. The van der Waals surface area contributed by atoms with E-state index in [0.717, 1.165) is 0 Å². The van der Waals surface area contributed by atoms with E-state index < -0.39 is 6.09 Å². The van der Waals surface area contributed by atoms with E-state index in [0.29, 0.717) is 30.2 Å². The summed E-state index contributed by atoms with van der Waals surface area (Å²) >= 11 is 0. The Morgan fingerprint density at radius 3 is 2.91 bits per heavy atom. The smallest absolute Gasteiger partial charge is 0.407 e. The van der Waals surface area contributed by atoms with E-state index in [-0.39, 0.29) is 18.1 Å². The summed E-state index contributed by atoms with van der Waals surface area (Å²) in [4.78, 5) is 25.3. The minimum absolute atomic E-state index is 0.0180. The number of nitrogens with one attached hydrogen (secondary N) is 2. The van der Waals surface area contributed by atoms with Crippen molar-refractivity contribution >= 4 is 12.0 Å². The zero-order valence-corrected chi connectivity index (χ0v) is 12.9. The van der Waals surface area contributed by atoms with Crippen LogP contribution in [-0.4, -0.2) is 52.3 Å². The van der Waals surface area contributed by atoms with Crippen LogP contribution in [0.1, 0.15) is 24.3 Å². The summed E-state index contributed by atoms with van der Waals surface area (Å²) in [7, 11) is 0. The van der Waals surface area contributed by atoms with E-state index in [1.807, 2.05) is 13.8 Å². The molecule has 1 saturated heterocycles. The fraction of sp³-hybridized carbons (Fsp3) is 0.400. The van der Waals surface area contributed by atoms with Crippen LogP contribution in [0, 0.1) is 0 Å². The number of amides is 2. The third kappa shape index (κ3) is 3.36. The van der Waals surface area contributed by atoms with Gasteiger partial charge in [0.25, 0.3) is 5.91 Å². The molecule has 0 spiro atoms. The molecule has 0 aromatic carbocycles. The molecule has 23 heavy (non-hydrogen) atoms. The van der Waals surface area contributed by atoms with Gasteiger partial charge in [0.2, 0.25) is 0 Å². The van der Waals surface area contributed by atoms with Crippen molar-refractivity contribution in [3.8, 4) is 11.5 Å². The molecule has 2 N–H and O–H groups in total. The van der Waals surface area contributed by atoms with Crippen molar-refractivity contribution in [2.75, 3.05) is 13.1 Å². The average molecular weight is 318 g/mol. The van der Waals surface area contributed by atoms with Gasteiger partial charge in [-0.15, -0.1) is 0 Å². The number of furan rings is 1. The van der Waals surface area contributed by atoms with Crippen molar-refractivity contribution in [3.05, 3.63) is 30.2 Å². The van der Waals surface area contributed by atoms with Crippen molar-refractivity contribution in [2.24, 2.45) is 0 Å². The third-order valence-electron chi connectivity index (χ3n) is 3.40. The van der Waals surface area contributed by atoms with E-state index >= 15 is 0 Å². The number of rotatable bonds is 4. The molecule has 2 aromatic heterocycles. The van der Waals surface area contributed by atoms with Crippen molar-refractivity contribution in [1.82, 2.24) is 20.4 Å². The second-order valence-electron chi connectivity index (χ2n) is 5.68. The highest BCUT2D eigenvalue weighted by molar-refractivity contribution is 5.93. The van der Waals surface area contributed by atoms with Gasteiger partial charge in [-0.25, -0.2) is 4.79 Å². The molecule has 0 aliphatic carbocycles. The summed E-state index contributed by atoms with van der Waals surface area (Å²) in [6, 6.07) is 5.20. The molecule has 3 rings (SSSR count). The molecule has 0 atom stereocenters. The van der Waals surface area contributed by atoms with Gasteiger partial charge >= 0.3 is 6.09 Å². The Bertz CT molecular complexity index is 686. The minimum Gasteiger partial charge on any atom is -0.463 e. The molecule has 3 heterocycles. The Hall–Kier alpha value is -2.77. The van der Waals surface area contributed by atoms with Crippen molar-refractivity contribution in [3.63, 3.8) is 0 Å². The van der Waals surface area contributed by atoms with E-state index in [4.69, 9.17) is 9.15 Å². The molecular formula is C15H18N4O4. The second-order valence-corrected chi connectivity index (χ2v) is 5.68. The first-order valence-corrected chi connectivity index (χ1v) is 7.38. The zero-order chi connectivity index (χ0) is 16.4. The second kappa shape index (κ2) is 6.15. The van der Waals surface area contributed by atoms with Crippen molar-refractivity contribution < 1.29 is 18.7 Å². The van der Waals surface area contributed by atoms with E-state index in [9.17, 15) is 9.59 Å². The van der Waals surface area contributed by atoms with Gasteiger partial charge in [0.05, 0.1) is 19.4 Å². The van der Waals surface area contributed by atoms with Gasteiger partial charge in [-0.05, 0) is 26.0 Å². The number of H-pyrrole nitrogens is 1. The fourth-order valence-electron chi connectivity index (χ4n) is 2.25. The molecule has 0 bridgehead atoms. The van der Waals surface area contributed by atoms with Gasteiger partial charge in [0.15, 0.2) is 11.5 Å². The highest BCUT2D eigenvalue weighted by atomic mass is 16.6. The lowest BCUT2D eigenvalue weighted by Gasteiger charge is -2.37. The molecule has 2 aromatic rings. The molecule has 0 radical (unpaired) electrons. The minimum atomic E-state index is -0.461. The van der Waals surface area contributed by atoms with Crippen LogP contribution in [0.3, 0.4) is 0 Å². The van der Waals surface area contributed by atoms with E-state index in [1.54, 1.807) is 29.4 Å². The number of aromatic amines is 1. The summed E-state index contributed by atoms with van der Waals surface area (Å²) in [5, 5.41) is 9.42. The molecular weight excluding hydrogens is 300 g/mol. The average Bonchev–Trinajstić information content (AvgIpc) is 3.10. The summed E-state index contributed by atoms with van der Waals surface area (Å²) in [6.07, 6.45) is 0.815. The highest BCUT2D eigenvalue weighted by Crippen LogP contribution is 2.20. The van der Waals surface area contributed by atoms with Gasteiger partial charge in [-0.2, -0.15) is 5.10 Å². The number of carbonyl (C=O) groups is 2. The van der Waals surface area contributed by atoms with Gasteiger partial charge in [0, 0.05) is 12.1 Å². The lowest BCUT2D eigenvalue weighted by atomic mass is 10.1. The standard InChI is InChI=1S/C15H18N4O4/c1-9(2)16-15(21)23-10-7-19(8-10)14(20)12-6-11(17-18-12)13-4-3-5-22-13/h3-6,9-10H,7-8H2,1-2H3,(H,16,21)(H,17,18). The molecule has 1 aliphatic heterocycles. The Morgan fingerprint density at radius 2 is 2.26 bits per heavy atom. The number of alkyl carbamates (subject to hydrolysis) is 1. The number of hydrogen-bond donors (Lipinski definition) is 2. The third-order valence-corrected chi connectivity index (χ3v) is 3.40. The van der Waals surface area contributed by atoms with Gasteiger partial charge in [0.1, 0.15) is 11.8 Å². The van der Waals surface area contributed by atoms with Crippen LogP contribution in [-0.2, 0) is 4.74 Å². The topological polar surface area (TPSA) is 100 Å². The molecule has 1 aliphatic rings. The number of likely N-dealkylation sites (tertiary alicyclic amines) is 1. The Morgan fingerprint density at radius 1 is 1.48 bits per heavy atom. The molecule has 8 nitrogen and oxygen atoms in total. The first kappa shape index (κ1) is 15.1. The molecule has 122 valence electrons. The Labute approximate surface area is 132 Å². The van der Waals surface area contributed by atoms with Gasteiger partial charge in [-0.1, -0.05) is 0 Å². The van der Waals surface area contributed by atoms with Crippen LogP contribution in [0.2, 0.25) is 0 Å². The van der Waals surface area contributed by atoms with Crippen molar-refractivity contribution in [1.29, 1.82) is 0 Å². The number of carbonyl (C=O) groups excluding carboxylic acids is 2. The maximum absolute atomic E-state index is 12.3. The zero-order valence-electron chi connectivity index (χ0n) is 12.9. The monoisotopic (exact) mass is 318 g/mol. The molecule has 2 amide bonds. The fourth-order valence-corrected chi connectivity index (χ4v) is 2.25. The van der Waals surface area contributed by atoms with Crippen LogP contribution in [0.5, 0.6) is 0 Å². The Balaban J connectivity index is 1.52. The molecule has 0 unspecified atom stereocenters. The predicted octanol–water partition coefficient (Wildman–Crippen LogP) is 1.63. The van der Waals surface area contributed by atoms with Gasteiger partial charge < -0.3 is 19.4 Å². The summed E-state index contributed by atoms with van der Waals surface area (Å²) in [5.74, 6) is 0.412. The number of aromatic nitrogens is 2. The van der Waals surface area contributed by atoms with Crippen LogP contribution in [0.25, 0.3) is 11.5 Å². The lowest BCUT2D eigenvalue weighted by molar-refractivity contribution is -0.00730. The molecule has 8 heteroatoms.